The zero-order chi connectivity index (χ0) is 14.0. The SMILES string of the molecule is O=S1(=O)CCC(NCc2ccccc2N2CCCC2)C1. The van der Waals surface area contributed by atoms with E-state index in [4.69, 9.17) is 0 Å². The molecule has 5 heteroatoms. The second-order valence-electron chi connectivity index (χ2n) is 5.80. The second-order valence-corrected chi connectivity index (χ2v) is 8.03. The largest absolute Gasteiger partial charge is 0.371 e. The van der Waals surface area contributed by atoms with Crippen LogP contribution in [-0.2, 0) is 16.4 Å². The van der Waals surface area contributed by atoms with Gasteiger partial charge in [-0.05, 0) is 30.9 Å². The molecule has 2 saturated heterocycles. The van der Waals surface area contributed by atoms with Crippen LogP contribution < -0.4 is 10.2 Å². The molecule has 2 aliphatic rings. The van der Waals surface area contributed by atoms with Gasteiger partial charge < -0.3 is 10.2 Å². The molecule has 1 aromatic carbocycles. The summed E-state index contributed by atoms with van der Waals surface area (Å²) in [7, 11) is -2.80. The van der Waals surface area contributed by atoms with Crippen molar-refractivity contribution in [1.82, 2.24) is 5.32 Å². The Morgan fingerprint density at radius 1 is 1.20 bits per heavy atom. The van der Waals surface area contributed by atoms with Gasteiger partial charge in [0.1, 0.15) is 0 Å². The molecule has 1 aromatic rings. The lowest BCUT2D eigenvalue weighted by Gasteiger charge is -2.22. The Hall–Kier alpha value is -1.07. The van der Waals surface area contributed by atoms with Crippen LogP contribution in [0.1, 0.15) is 24.8 Å². The Balaban J connectivity index is 1.65. The van der Waals surface area contributed by atoms with Crippen molar-refractivity contribution in [2.24, 2.45) is 0 Å². The predicted octanol–water partition coefficient (Wildman–Crippen LogP) is 1.56. The number of anilines is 1. The number of nitrogens with one attached hydrogen (secondary N) is 1. The van der Waals surface area contributed by atoms with E-state index in [9.17, 15) is 8.42 Å². The molecule has 4 nitrogen and oxygen atoms in total. The zero-order valence-corrected chi connectivity index (χ0v) is 12.5. The molecule has 0 spiro atoms. The van der Waals surface area contributed by atoms with Crippen molar-refractivity contribution < 1.29 is 8.42 Å². The molecule has 0 amide bonds. The summed E-state index contributed by atoms with van der Waals surface area (Å²) in [6, 6.07) is 8.57. The first-order chi connectivity index (χ1) is 9.64. The fraction of sp³-hybridized carbons (Fsp3) is 0.600. The summed E-state index contributed by atoms with van der Waals surface area (Å²) in [6.07, 6.45) is 3.28. The van der Waals surface area contributed by atoms with Gasteiger partial charge in [0.15, 0.2) is 9.84 Å². The number of para-hydroxylation sites is 1. The van der Waals surface area contributed by atoms with Gasteiger partial charge in [-0.1, -0.05) is 18.2 Å². The topological polar surface area (TPSA) is 49.4 Å². The van der Waals surface area contributed by atoms with Gasteiger partial charge in [0.25, 0.3) is 0 Å². The summed E-state index contributed by atoms with van der Waals surface area (Å²) in [5, 5.41) is 3.41. The maximum Gasteiger partial charge on any atom is 0.151 e. The number of hydrogen-bond acceptors (Lipinski definition) is 4. The van der Waals surface area contributed by atoms with Crippen LogP contribution in [0.3, 0.4) is 0 Å². The van der Waals surface area contributed by atoms with Crippen LogP contribution in [0.2, 0.25) is 0 Å². The summed E-state index contributed by atoms with van der Waals surface area (Å²) in [6.45, 7) is 3.02. The average Bonchev–Trinajstić information content (AvgIpc) is 3.06. The van der Waals surface area contributed by atoms with Crippen LogP contribution in [0.25, 0.3) is 0 Å². The van der Waals surface area contributed by atoms with Gasteiger partial charge in [0, 0.05) is 31.4 Å². The molecule has 3 rings (SSSR count). The molecular formula is C15H22N2O2S. The first-order valence-corrected chi connectivity index (χ1v) is 9.23. The normalized spacial score (nSPS) is 25.2. The van der Waals surface area contributed by atoms with Gasteiger partial charge in [-0.2, -0.15) is 0 Å². The quantitative estimate of drug-likeness (QED) is 0.915. The number of benzene rings is 1. The minimum atomic E-state index is -2.80. The Morgan fingerprint density at radius 2 is 1.95 bits per heavy atom. The van der Waals surface area contributed by atoms with E-state index in [2.05, 4.69) is 34.5 Å². The van der Waals surface area contributed by atoms with E-state index in [1.54, 1.807) is 0 Å². The molecule has 1 unspecified atom stereocenters. The number of nitrogens with zero attached hydrogens (tertiary/aromatic N) is 1. The summed E-state index contributed by atoms with van der Waals surface area (Å²) in [5.41, 5.74) is 2.58. The lowest BCUT2D eigenvalue weighted by atomic mass is 10.1. The van der Waals surface area contributed by atoms with E-state index in [0.717, 1.165) is 26.1 Å². The smallest absolute Gasteiger partial charge is 0.151 e. The van der Waals surface area contributed by atoms with Crippen LogP contribution in [0, 0.1) is 0 Å². The van der Waals surface area contributed by atoms with Gasteiger partial charge in [0.2, 0.25) is 0 Å². The van der Waals surface area contributed by atoms with Gasteiger partial charge in [0.05, 0.1) is 11.5 Å². The number of hydrogen-bond donors (Lipinski definition) is 1. The molecule has 0 aliphatic carbocycles. The van der Waals surface area contributed by atoms with Crippen molar-refractivity contribution in [2.45, 2.75) is 31.8 Å². The first-order valence-electron chi connectivity index (χ1n) is 7.41. The highest BCUT2D eigenvalue weighted by atomic mass is 32.2. The predicted molar refractivity (Wildman–Crippen MR) is 81.8 cm³/mol. The fourth-order valence-electron chi connectivity index (χ4n) is 3.14. The molecule has 110 valence electrons. The molecule has 0 aromatic heterocycles. The Bertz CT molecular complexity index is 565. The minimum Gasteiger partial charge on any atom is -0.371 e. The van der Waals surface area contributed by atoms with Crippen LogP contribution >= 0.6 is 0 Å². The van der Waals surface area contributed by atoms with Gasteiger partial charge >= 0.3 is 0 Å². The third-order valence-corrected chi connectivity index (χ3v) is 6.02. The number of rotatable bonds is 4. The second kappa shape index (κ2) is 5.74. The monoisotopic (exact) mass is 294 g/mol. The molecule has 0 bridgehead atoms. The highest BCUT2D eigenvalue weighted by molar-refractivity contribution is 7.91. The Kier molecular flexibility index (Phi) is 3.98. The highest BCUT2D eigenvalue weighted by Crippen LogP contribution is 2.24. The molecule has 1 atom stereocenters. The minimum absolute atomic E-state index is 0.117. The summed E-state index contributed by atoms with van der Waals surface area (Å²) < 4.78 is 23.0. The van der Waals surface area contributed by atoms with E-state index >= 15 is 0 Å². The molecule has 2 fully saturated rings. The molecule has 0 saturated carbocycles. The van der Waals surface area contributed by atoms with Crippen LogP contribution in [0.4, 0.5) is 5.69 Å². The summed E-state index contributed by atoms with van der Waals surface area (Å²) >= 11 is 0. The molecule has 1 N–H and O–H groups in total. The third kappa shape index (κ3) is 3.15. The van der Waals surface area contributed by atoms with Crippen molar-refractivity contribution in [3.8, 4) is 0 Å². The summed E-state index contributed by atoms with van der Waals surface area (Å²) in [4.78, 5) is 2.43. The van der Waals surface area contributed by atoms with Crippen molar-refractivity contribution in [2.75, 3.05) is 29.5 Å². The lowest BCUT2D eigenvalue weighted by molar-refractivity contribution is 0.554. The maximum atomic E-state index is 11.5. The molecule has 2 heterocycles. The van der Waals surface area contributed by atoms with Crippen LogP contribution in [0.5, 0.6) is 0 Å². The van der Waals surface area contributed by atoms with Crippen molar-refractivity contribution in [3.63, 3.8) is 0 Å². The van der Waals surface area contributed by atoms with E-state index < -0.39 is 9.84 Å². The standard InChI is InChI=1S/C15H22N2O2S/c18-20(19)10-7-14(12-20)16-11-13-5-1-2-6-15(13)17-8-3-4-9-17/h1-2,5-6,14,16H,3-4,7-12H2. The summed E-state index contributed by atoms with van der Waals surface area (Å²) in [5.74, 6) is 0.622. The number of sulfone groups is 1. The molecule has 20 heavy (non-hydrogen) atoms. The van der Waals surface area contributed by atoms with E-state index in [-0.39, 0.29) is 6.04 Å². The highest BCUT2D eigenvalue weighted by Gasteiger charge is 2.27. The molecule has 0 radical (unpaired) electrons. The van der Waals surface area contributed by atoms with Crippen LogP contribution in [0.15, 0.2) is 24.3 Å². The van der Waals surface area contributed by atoms with Gasteiger partial charge in [-0.25, -0.2) is 8.42 Å². The van der Waals surface area contributed by atoms with Crippen molar-refractivity contribution in [3.05, 3.63) is 29.8 Å². The molecular weight excluding hydrogens is 272 g/mol. The lowest BCUT2D eigenvalue weighted by Crippen LogP contribution is -2.30. The third-order valence-electron chi connectivity index (χ3n) is 4.25. The zero-order valence-electron chi connectivity index (χ0n) is 11.7. The van der Waals surface area contributed by atoms with Crippen molar-refractivity contribution in [1.29, 1.82) is 0 Å². The van der Waals surface area contributed by atoms with E-state index in [1.807, 2.05) is 0 Å². The maximum absolute atomic E-state index is 11.5. The Labute approximate surface area is 121 Å². The van der Waals surface area contributed by atoms with Crippen LogP contribution in [-0.4, -0.2) is 39.1 Å². The van der Waals surface area contributed by atoms with Crippen molar-refractivity contribution >= 4 is 15.5 Å². The first kappa shape index (κ1) is 13.9. The molecule has 2 aliphatic heterocycles. The van der Waals surface area contributed by atoms with Gasteiger partial charge in [-0.15, -0.1) is 0 Å². The average molecular weight is 294 g/mol. The van der Waals surface area contributed by atoms with E-state index in [1.165, 1.54) is 24.1 Å². The fourth-order valence-corrected chi connectivity index (χ4v) is 4.85. The Morgan fingerprint density at radius 3 is 2.65 bits per heavy atom. The van der Waals surface area contributed by atoms with Gasteiger partial charge in [-0.3, -0.25) is 0 Å². The van der Waals surface area contributed by atoms with E-state index in [0.29, 0.717) is 11.5 Å².